The molecule has 3 rings (SSSR count). The molecule has 3 heterocycles. The van der Waals surface area contributed by atoms with Crippen LogP contribution >= 0.6 is 0 Å². The van der Waals surface area contributed by atoms with E-state index in [9.17, 15) is 24.3 Å². The smallest absolute Gasteiger partial charge is 0.314 e. The molecule has 2 amide bonds. The summed E-state index contributed by atoms with van der Waals surface area (Å²) in [4.78, 5) is 51.5. The maximum absolute atomic E-state index is 12.7. The fourth-order valence-corrected chi connectivity index (χ4v) is 3.70. The number of carbonyl (C=O) groups excluding carboxylic acids is 2. The van der Waals surface area contributed by atoms with Crippen molar-refractivity contribution in [2.24, 2.45) is 18.4 Å². The number of carbonyl (C=O) groups is 3. The largest absolute Gasteiger partial charge is 0.481 e. The van der Waals surface area contributed by atoms with Gasteiger partial charge in [0.2, 0.25) is 5.91 Å². The van der Waals surface area contributed by atoms with Gasteiger partial charge in [-0.25, -0.2) is 4.68 Å². The zero-order valence-corrected chi connectivity index (χ0v) is 14.1. The standard InChI is InChI=1S/C16H20N4O5/c1-3-6-19-8-16(15(24)25)9-20(7-10(16)13(19)22)14(23)11-4-5-12(21)18(2)17-11/h4-5,10H,3,6-9H2,1-2H3,(H,24,25)/t10-,16+/m0/s1. The zero-order chi connectivity index (χ0) is 18.4. The summed E-state index contributed by atoms with van der Waals surface area (Å²) in [5.74, 6) is -2.49. The fraction of sp³-hybridized carbons (Fsp3) is 0.562. The van der Waals surface area contributed by atoms with Crippen LogP contribution in [0, 0.1) is 11.3 Å². The van der Waals surface area contributed by atoms with Crippen molar-refractivity contribution in [2.45, 2.75) is 13.3 Å². The second-order valence-corrected chi connectivity index (χ2v) is 6.64. The predicted octanol–water partition coefficient (Wildman–Crippen LogP) is -0.824. The first-order valence-corrected chi connectivity index (χ1v) is 8.16. The van der Waals surface area contributed by atoms with Crippen LogP contribution in [0.3, 0.4) is 0 Å². The topological polar surface area (TPSA) is 113 Å². The molecule has 0 spiro atoms. The van der Waals surface area contributed by atoms with Crippen molar-refractivity contribution < 1.29 is 19.5 Å². The van der Waals surface area contributed by atoms with E-state index in [1.807, 2.05) is 6.92 Å². The van der Waals surface area contributed by atoms with Crippen LogP contribution in [0.2, 0.25) is 0 Å². The lowest BCUT2D eigenvalue weighted by Gasteiger charge is -2.25. The average Bonchev–Trinajstić information content (AvgIpc) is 3.07. The molecule has 1 N–H and O–H groups in total. The third kappa shape index (κ3) is 2.59. The number of hydrogen-bond acceptors (Lipinski definition) is 5. The number of carboxylic acids is 1. The Labute approximate surface area is 143 Å². The normalized spacial score (nSPS) is 25.4. The molecule has 134 valence electrons. The van der Waals surface area contributed by atoms with E-state index < -0.39 is 23.2 Å². The summed E-state index contributed by atoms with van der Waals surface area (Å²) < 4.78 is 1.05. The molecule has 9 heteroatoms. The van der Waals surface area contributed by atoms with Crippen LogP contribution in [0.1, 0.15) is 23.8 Å². The van der Waals surface area contributed by atoms with Gasteiger partial charge in [0.15, 0.2) is 0 Å². The fourth-order valence-electron chi connectivity index (χ4n) is 3.70. The summed E-state index contributed by atoms with van der Waals surface area (Å²) in [5.41, 5.74) is -1.56. The van der Waals surface area contributed by atoms with Gasteiger partial charge in [-0.15, -0.1) is 0 Å². The average molecular weight is 348 g/mol. The van der Waals surface area contributed by atoms with E-state index in [-0.39, 0.29) is 36.8 Å². The number of aliphatic carboxylic acids is 1. The van der Waals surface area contributed by atoms with E-state index in [4.69, 9.17) is 0 Å². The van der Waals surface area contributed by atoms with Crippen molar-refractivity contribution in [1.82, 2.24) is 19.6 Å². The van der Waals surface area contributed by atoms with E-state index >= 15 is 0 Å². The van der Waals surface area contributed by atoms with Crippen LogP contribution in [0.25, 0.3) is 0 Å². The lowest BCUT2D eigenvalue weighted by Crippen LogP contribution is -2.42. The summed E-state index contributed by atoms with van der Waals surface area (Å²) in [6.45, 7) is 2.57. The first kappa shape index (κ1) is 17.1. The summed E-state index contributed by atoms with van der Waals surface area (Å²) in [5, 5.41) is 13.7. The van der Waals surface area contributed by atoms with Crippen molar-refractivity contribution in [3.05, 3.63) is 28.2 Å². The molecule has 0 saturated carbocycles. The third-order valence-electron chi connectivity index (χ3n) is 5.01. The van der Waals surface area contributed by atoms with E-state index in [1.54, 1.807) is 4.90 Å². The van der Waals surface area contributed by atoms with Crippen LogP contribution < -0.4 is 5.56 Å². The lowest BCUT2D eigenvalue weighted by atomic mass is 9.81. The molecule has 1 aromatic rings. The molecule has 1 aromatic heterocycles. The molecular weight excluding hydrogens is 328 g/mol. The zero-order valence-electron chi connectivity index (χ0n) is 14.1. The highest BCUT2D eigenvalue weighted by molar-refractivity contribution is 5.97. The van der Waals surface area contributed by atoms with Gasteiger partial charge < -0.3 is 14.9 Å². The number of fused-ring (bicyclic) bond motifs is 1. The Morgan fingerprint density at radius 1 is 1.32 bits per heavy atom. The van der Waals surface area contributed by atoms with Crippen LogP contribution in [0.4, 0.5) is 0 Å². The highest BCUT2D eigenvalue weighted by Crippen LogP contribution is 2.44. The first-order chi connectivity index (χ1) is 11.8. The lowest BCUT2D eigenvalue weighted by molar-refractivity contribution is -0.149. The number of hydrogen-bond donors (Lipinski definition) is 1. The number of rotatable bonds is 4. The Bertz CT molecular complexity index is 804. The van der Waals surface area contributed by atoms with Crippen molar-refractivity contribution in [1.29, 1.82) is 0 Å². The maximum atomic E-state index is 12.7. The van der Waals surface area contributed by atoms with Gasteiger partial charge in [-0.1, -0.05) is 6.92 Å². The van der Waals surface area contributed by atoms with Gasteiger partial charge in [0.1, 0.15) is 11.1 Å². The SMILES string of the molecule is CCCN1C[C@@]2(C(=O)O)CN(C(=O)c3ccc(=O)n(C)n3)C[C@H]2C1=O. The minimum Gasteiger partial charge on any atom is -0.481 e. The Morgan fingerprint density at radius 2 is 2.04 bits per heavy atom. The molecular formula is C16H20N4O5. The van der Waals surface area contributed by atoms with Gasteiger partial charge in [-0.05, 0) is 12.5 Å². The van der Waals surface area contributed by atoms with Crippen molar-refractivity contribution in [3.8, 4) is 0 Å². The van der Waals surface area contributed by atoms with E-state index in [0.29, 0.717) is 6.54 Å². The molecule has 2 saturated heterocycles. The second kappa shape index (κ2) is 5.98. The number of aryl methyl sites for hydroxylation is 1. The molecule has 0 radical (unpaired) electrons. The molecule has 25 heavy (non-hydrogen) atoms. The maximum Gasteiger partial charge on any atom is 0.314 e. The van der Waals surface area contributed by atoms with E-state index in [2.05, 4.69) is 5.10 Å². The Balaban J connectivity index is 1.87. The van der Waals surface area contributed by atoms with Crippen LogP contribution in [-0.4, -0.2) is 68.6 Å². The molecule has 0 aromatic carbocycles. The van der Waals surface area contributed by atoms with Crippen molar-refractivity contribution >= 4 is 17.8 Å². The van der Waals surface area contributed by atoms with Crippen LogP contribution in [0.15, 0.2) is 16.9 Å². The summed E-state index contributed by atoms with van der Waals surface area (Å²) in [6, 6.07) is 2.55. The number of carboxylic acid groups (broad SMARTS) is 1. The summed E-state index contributed by atoms with van der Waals surface area (Å²) in [7, 11) is 1.43. The molecule has 0 bridgehead atoms. The molecule has 2 aliphatic heterocycles. The Morgan fingerprint density at radius 3 is 2.60 bits per heavy atom. The van der Waals surface area contributed by atoms with Gasteiger partial charge in [0.25, 0.3) is 11.5 Å². The second-order valence-electron chi connectivity index (χ2n) is 6.64. The van der Waals surface area contributed by atoms with Gasteiger partial charge in [-0.2, -0.15) is 5.10 Å². The molecule has 2 atom stereocenters. The number of nitrogens with zero attached hydrogens (tertiary/aromatic N) is 4. The Kier molecular flexibility index (Phi) is 4.09. The van der Waals surface area contributed by atoms with Gasteiger partial charge in [-0.3, -0.25) is 19.2 Å². The molecule has 2 fully saturated rings. The Hall–Kier alpha value is -2.71. The van der Waals surface area contributed by atoms with E-state index in [1.165, 1.54) is 24.1 Å². The third-order valence-corrected chi connectivity index (χ3v) is 5.01. The highest BCUT2D eigenvalue weighted by Gasteiger charge is 2.62. The van der Waals surface area contributed by atoms with Crippen LogP contribution in [-0.2, 0) is 16.6 Å². The van der Waals surface area contributed by atoms with Gasteiger partial charge >= 0.3 is 5.97 Å². The van der Waals surface area contributed by atoms with Crippen molar-refractivity contribution in [2.75, 3.05) is 26.2 Å². The monoisotopic (exact) mass is 348 g/mol. The molecule has 9 nitrogen and oxygen atoms in total. The van der Waals surface area contributed by atoms with Crippen molar-refractivity contribution in [3.63, 3.8) is 0 Å². The predicted molar refractivity (Wildman–Crippen MR) is 85.8 cm³/mol. The van der Waals surface area contributed by atoms with Gasteiger partial charge in [0.05, 0.1) is 5.92 Å². The van der Waals surface area contributed by atoms with Gasteiger partial charge in [0, 0.05) is 39.3 Å². The summed E-state index contributed by atoms with van der Waals surface area (Å²) in [6.07, 6.45) is 0.749. The van der Waals surface area contributed by atoms with Crippen LogP contribution in [0.5, 0.6) is 0 Å². The molecule has 0 unspecified atom stereocenters. The summed E-state index contributed by atoms with van der Waals surface area (Å²) >= 11 is 0. The molecule has 2 aliphatic rings. The number of likely N-dealkylation sites (tertiary alicyclic amines) is 2. The number of amides is 2. The number of aromatic nitrogens is 2. The van der Waals surface area contributed by atoms with E-state index in [0.717, 1.165) is 11.1 Å². The minimum absolute atomic E-state index is 0.0394. The highest BCUT2D eigenvalue weighted by atomic mass is 16.4. The minimum atomic E-state index is -1.28. The first-order valence-electron chi connectivity index (χ1n) is 8.16. The quantitative estimate of drug-likeness (QED) is 0.760. The molecule has 0 aliphatic carbocycles.